The highest BCUT2D eigenvalue weighted by atomic mass is 16.5. The van der Waals surface area contributed by atoms with Crippen LogP contribution >= 0.6 is 0 Å². The summed E-state index contributed by atoms with van der Waals surface area (Å²) in [6, 6.07) is 5.34. The van der Waals surface area contributed by atoms with Gasteiger partial charge in [0, 0.05) is 13.5 Å². The van der Waals surface area contributed by atoms with Crippen LogP contribution in [0.4, 0.5) is 11.4 Å². The van der Waals surface area contributed by atoms with Crippen LogP contribution in [0.5, 0.6) is 5.75 Å². The Balaban J connectivity index is 1.37. The molecule has 0 radical (unpaired) electrons. The molecule has 0 bridgehead atoms. The number of nitrogens with one attached hydrogen (secondary N) is 2. The van der Waals surface area contributed by atoms with E-state index in [-0.39, 0.29) is 11.5 Å². The monoisotopic (exact) mass is 446 g/mol. The molecule has 0 unspecified atom stereocenters. The minimum atomic E-state index is -0.396. The summed E-state index contributed by atoms with van der Waals surface area (Å²) in [5, 5.41) is 14.2. The van der Waals surface area contributed by atoms with Gasteiger partial charge in [-0.2, -0.15) is 10.2 Å². The molecule has 1 aliphatic carbocycles. The van der Waals surface area contributed by atoms with Crippen molar-refractivity contribution in [3.8, 4) is 17.1 Å². The molecule has 0 aliphatic heterocycles. The topological polar surface area (TPSA) is 128 Å². The number of aryl methyl sites for hydroxylation is 1. The molecule has 5 rings (SSSR count). The van der Waals surface area contributed by atoms with Gasteiger partial charge in [0.25, 0.3) is 5.91 Å². The van der Waals surface area contributed by atoms with Crippen molar-refractivity contribution in [1.29, 1.82) is 0 Å². The Hall–Kier alpha value is -4.28. The lowest BCUT2D eigenvalue weighted by Gasteiger charge is -2.12. The molecule has 1 aromatic carbocycles. The number of hydrogen-bond donors (Lipinski definition) is 2. The Bertz CT molecular complexity index is 1350. The van der Waals surface area contributed by atoms with Crippen molar-refractivity contribution in [2.45, 2.75) is 19.3 Å². The van der Waals surface area contributed by atoms with Crippen LogP contribution in [-0.2, 0) is 11.8 Å². The smallest absolute Gasteiger partial charge is 0.261 e. The maximum atomic E-state index is 13.0. The van der Waals surface area contributed by atoms with Gasteiger partial charge in [-0.05, 0) is 30.9 Å². The molecule has 1 fully saturated rings. The van der Waals surface area contributed by atoms with Crippen molar-refractivity contribution in [3.05, 3.63) is 48.7 Å². The van der Waals surface area contributed by atoms with Gasteiger partial charge in [0.05, 0.1) is 42.6 Å². The fourth-order valence-corrected chi connectivity index (χ4v) is 3.58. The average molecular weight is 446 g/mol. The van der Waals surface area contributed by atoms with E-state index in [4.69, 9.17) is 4.74 Å². The van der Waals surface area contributed by atoms with Crippen LogP contribution in [-0.4, -0.2) is 48.3 Å². The van der Waals surface area contributed by atoms with E-state index in [0.717, 1.165) is 12.8 Å². The zero-order valence-corrected chi connectivity index (χ0v) is 18.1. The van der Waals surface area contributed by atoms with E-state index in [9.17, 15) is 9.59 Å². The van der Waals surface area contributed by atoms with Crippen LogP contribution < -0.4 is 15.4 Å². The van der Waals surface area contributed by atoms with Crippen molar-refractivity contribution in [2.75, 3.05) is 17.7 Å². The quantitative estimate of drug-likeness (QED) is 0.446. The Morgan fingerprint density at radius 3 is 2.76 bits per heavy atom. The first-order valence-electron chi connectivity index (χ1n) is 10.5. The second-order valence-corrected chi connectivity index (χ2v) is 7.95. The van der Waals surface area contributed by atoms with Gasteiger partial charge in [-0.3, -0.25) is 14.3 Å². The summed E-state index contributed by atoms with van der Waals surface area (Å²) in [4.78, 5) is 33.7. The van der Waals surface area contributed by atoms with Gasteiger partial charge < -0.3 is 15.4 Å². The third-order valence-corrected chi connectivity index (χ3v) is 5.36. The third-order valence-electron chi connectivity index (χ3n) is 5.36. The largest absolute Gasteiger partial charge is 0.494 e. The second kappa shape index (κ2) is 8.34. The molecule has 1 aliphatic rings. The lowest BCUT2D eigenvalue weighted by atomic mass is 10.1. The fourth-order valence-electron chi connectivity index (χ4n) is 3.58. The number of nitrogens with zero attached hydrogens (tertiary/aromatic N) is 6. The van der Waals surface area contributed by atoms with E-state index in [0.29, 0.717) is 46.5 Å². The summed E-state index contributed by atoms with van der Waals surface area (Å²) in [6.07, 6.45) is 8.91. The Labute approximate surface area is 188 Å². The minimum absolute atomic E-state index is 0.0434. The summed E-state index contributed by atoms with van der Waals surface area (Å²) in [5.41, 5.74) is 2.31. The van der Waals surface area contributed by atoms with Gasteiger partial charge in [-0.25, -0.2) is 14.5 Å². The number of carbonyl (C=O) groups is 2. The number of amides is 2. The van der Waals surface area contributed by atoms with Gasteiger partial charge in [-0.15, -0.1) is 0 Å². The van der Waals surface area contributed by atoms with Crippen molar-refractivity contribution in [2.24, 2.45) is 13.0 Å². The third kappa shape index (κ3) is 4.25. The first-order chi connectivity index (χ1) is 16.0. The molecular formula is C22H22N8O3. The van der Waals surface area contributed by atoms with Crippen LogP contribution in [0, 0.1) is 5.92 Å². The summed E-state index contributed by atoms with van der Waals surface area (Å²) in [6.45, 7) is 0. The van der Waals surface area contributed by atoms with E-state index >= 15 is 0 Å². The molecule has 11 nitrogen and oxygen atoms in total. The summed E-state index contributed by atoms with van der Waals surface area (Å²) < 4.78 is 8.61. The maximum absolute atomic E-state index is 13.0. The average Bonchev–Trinajstić information content (AvgIpc) is 3.33. The molecule has 2 N–H and O–H groups in total. The van der Waals surface area contributed by atoms with Crippen molar-refractivity contribution < 1.29 is 14.3 Å². The number of anilines is 2. The number of ether oxygens (including phenoxy) is 1. The number of benzene rings is 1. The highest BCUT2D eigenvalue weighted by Gasteiger charge is 2.24. The highest BCUT2D eigenvalue weighted by molar-refractivity contribution is 6.09. The Kier molecular flexibility index (Phi) is 5.21. The van der Waals surface area contributed by atoms with Crippen molar-refractivity contribution >= 4 is 28.8 Å². The van der Waals surface area contributed by atoms with Crippen LogP contribution in [0.1, 0.15) is 29.6 Å². The number of carbonyl (C=O) groups excluding carboxylic acids is 2. The molecule has 168 valence electrons. The zero-order chi connectivity index (χ0) is 22.9. The molecular weight excluding hydrogens is 424 g/mol. The first-order valence-corrected chi connectivity index (χ1v) is 10.5. The number of fused-ring (bicyclic) bond motifs is 1. The Morgan fingerprint density at radius 1 is 1.18 bits per heavy atom. The minimum Gasteiger partial charge on any atom is -0.494 e. The van der Waals surface area contributed by atoms with E-state index in [1.807, 2.05) is 6.07 Å². The lowest BCUT2D eigenvalue weighted by molar-refractivity contribution is -0.116. The molecule has 4 aromatic rings. The van der Waals surface area contributed by atoms with E-state index in [1.165, 1.54) is 24.0 Å². The Morgan fingerprint density at radius 2 is 2.03 bits per heavy atom. The number of para-hydroxylation sites is 1. The predicted octanol–water partition coefficient (Wildman–Crippen LogP) is 2.52. The van der Waals surface area contributed by atoms with Gasteiger partial charge >= 0.3 is 0 Å². The van der Waals surface area contributed by atoms with Gasteiger partial charge in [-0.1, -0.05) is 6.07 Å². The van der Waals surface area contributed by atoms with E-state index < -0.39 is 5.91 Å². The summed E-state index contributed by atoms with van der Waals surface area (Å²) >= 11 is 0. The standard InChI is InChI=1S/C22H22N8O3/c1-29-12-24-20(28-29)15-4-3-5-17(19(15)33-2)27-22(32)16-10-25-30-11-14(9-23-21(16)30)26-18(31)8-13-6-7-13/h3-5,9-13H,6-8H2,1-2H3,(H,26,31)(H,27,32). The van der Waals surface area contributed by atoms with Crippen LogP contribution in [0.3, 0.4) is 0 Å². The molecule has 2 amide bonds. The highest BCUT2D eigenvalue weighted by Crippen LogP contribution is 2.35. The molecule has 0 saturated heterocycles. The van der Waals surface area contributed by atoms with E-state index in [2.05, 4.69) is 30.8 Å². The van der Waals surface area contributed by atoms with Gasteiger partial charge in [0.15, 0.2) is 17.2 Å². The maximum Gasteiger partial charge on any atom is 0.261 e. The molecule has 3 heterocycles. The van der Waals surface area contributed by atoms with Crippen molar-refractivity contribution in [3.63, 3.8) is 0 Å². The molecule has 0 atom stereocenters. The molecule has 3 aromatic heterocycles. The van der Waals surface area contributed by atoms with Crippen molar-refractivity contribution in [1.82, 2.24) is 29.4 Å². The molecule has 0 spiro atoms. The predicted molar refractivity (Wildman–Crippen MR) is 120 cm³/mol. The zero-order valence-electron chi connectivity index (χ0n) is 18.1. The SMILES string of the molecule is COc1c(NC(=O)c2cnn3cc(NC(=O)CC4CC4)cnc23)cccc1-c1ncn(C)n1. The number of aromatic nitrogens is 6. The van der Waals surface area contributed by atoms with E-state index in [1.54, 1.807) is 36.4 Å². The molecule has 33 heavy (non-hydrogen) atoms. The van der Waals surface area contributed by atoms with Crippen LogP contribution in [0.25, 0.3) is 17.0 Å². The summed E-state index contributed by atoms with van der Waals surface area (Å²) in [5.74, 6) is 0.984. The molecule has 1 saturated carbocycles. The summed E-state index contributed by atoms with van der Waals surface area (Å²) in [7, 11) is 3.30. The van der Waals surface area contributed by atoms with Gasteiger partial charge in [0.1, 0.15) is 11.9 Å². The first kappa shape index (κ1) is 20.6. The van der Waals surface area contributed by atoms with Crippen LogP contribution in [0.2, 0.25) is 0 Å². The normalized spacial score (nSPS) is 13.2. The number of methoxy groups -OCH3 is 1. The number of rotatable bonds is 7. The second-order valence-electron chi connectivity index (χ2n) is 7.95. The fraction of sp³-hybridized carbons (Fsp3) is 0.273. The van der Waals surface area contributed by atoms with Crippen LogP contribution in [0.15, 0.2) is 43.1 Å². The van der Waals surface area contributed by atoms with Gasteiger partial charge in [0.2, 0.25) is 5.91 Å². The number of hydrogen-bond acceptors (Lipinski definition) is 7. The lowest BCUT2D eigenvalue weighted by Crippen LogP contribution is -2.14. The molecule has 11 heteroatoms.